The number of aliphatic carboxylic acids is 1. The quantitative estimate of drug-likeness (QED) is 0.713. The molecular formula is C9H13N3O3S. The monoisotopic (exact) mass is 243 g/mol. The first-order valence-corrected chi connectivity index (χ1v) is 5.72. The third kappa shape index (κ3) is 3.85. The molecule has 0 radical (unpaired) electrons. The maximum atomic E-state index is 11.3. The smallest absolute Gasteiger partial charge is 0.326 e. The van der Waals surface area contributed by atoms with Crippen LogP contribution in [0, 0.1) is 0 Å². The van der Waals surface area contributed by atoms with Gasteiger partial charge in [-0.1, -0.05) is 6.92 Å². The van der Waals surface area contributed by atoms with Crippen LogP contribution in [0.3, 0.4) is 0 Å². The van der Waals surface area contributed by atoms with E-state index in [9.17, 15) is 9.59 Å². The molecule has 1 rings (SSSR count). The van der Waals surface area contributed by atoms with E-state index in [0.717, 1.165) is 5.69 Å². The Bertz CT molecular complexity index is 353. The van der Waals surface area contributed by atoms with E-state index in [1.165, 1.54) is 11.3 Å². The summed E-state index contributed by atoms with van der Waals surface area (Å²) >= 11 is 1.44. The van der Waals surface area contributed by atoms with E-state index in [-0.39, 0.29) is 0 Å². The van der Waals surface area contributed by atoms with E-state index in [1.54, 1.807) is 12.4 Å². The molecule has 0 aromatic carbocycles. The Balaban J connectivity index is 2.33. The summed E-state index contributed by atoms with van der Waals surface area (Å²) in [5.41, 5.74) is 2.42. The maximum Gasteiger partial charge on any atom is 0.326 e. The van der Waals surface area contributed by atoms with Crippen LogP contribution in [0.1, 0.15) is 19.0 Å². The minimum absolute atomic E-state index is 0.297. The Hall–Kier alpha value is -1.63. The number of rotatable bonds is 5. The number of nitrogens with zero attached hydrogens (tertiary/aromatic N) is 1. The van der Waals surface area contributed by atoms with E-state index >= 15 is 0 Å². The molecular weight excluding hydrogens is 230 g/mol. The number of carbonyl (C=O) groups excluding carboxylic acids is 1. The zero-order valence-electron chi connectivity index (χ0n) is 8.77. The van der Waals surface area contributed by atoms with Crippen molar-refractivity contribution in [3.05, 3.63) is 16.6 Å². The molecule has 1 heterocycles. The van der Waals surface area contributed by atoms with Crippen LogP contribution in [0.25, 0.3) is 0 Å². The highest BCUT2D eigenvalue weighted by Gasteiger charge is 2.16. The molecule has 0 fully saturated rings. The molecule has 0 aliphatic carbocycles. The lowest BCUT2D eigenvalue weighted by Gasteiger charge is -2.12. The number of hydrogen-bond donors (Lipinski definition) is 3. The van der Waals surface area contributed by atoms with E-state index in [2.05, 4.69) is 15.6 Å². The van der Waals surface area contributed by atoms with Crippen LogP contribution in [-0.4, -0.2) is 28.1 Å². The summed E-state index contributed by atoms with van der Waals surface area (Å²) in [5.74, 6) is -1.04. The molecule has 1 unspecified atom stereocenters. The fourth-order valence-corrected chi connectivity index (χ4v) is 1.60. The van der Waals surface area contributed by atoms with Crippen LogP contribution in [0.15, 0.2) is 10.9 Å². The largest absolute Gasteiger partial charge is 0.480 e. The van der Waals surface area contributed by atoms with Crippen molar-refractivity contribution >= 4 is 23.3 Å². The lowest BCUT2D eigenvalue weighted by Crippen LogP contribution is -2.45. The molecule has 0 aliphatic rings. The lowest BCUT2D eigenvalue weighted by atomic mass is 10.2. The van der Waals surface area contributed by atoms with Gasteiger partial charge in [0.25, 0.3) is 0 Å². The van der Waals surface area contributed by atoms with E-state index in [0.29, 0.717) is 13.0 Å². The molecule has 2 amide bonds. The molecule has 3 N–H and O–H groups in total. The maximum absolute atomic E-state index is 11.3. The Kier molecular flexibility index (Phi) is 4.71. The summed E-state index contributed by atoms with van der Waals surface area (Å²) in [6.07, 6.45) is 0.347. The SMILES string of the molecule is CCC(NC(=O)NCc1cscn1)C(=O)O. The summed E-state index contributed by atoms with van der Waals surface area (Å²) in [5, 5.41) is 15.4. The van der Waals surface area contributed by atoms with Gasteiger partial charge in [0, 0.05) is 5.38 Å². The van der Waals surface area contributed by atoms with Gasteiger partial charge >= 0.3 is 12.0 Å². The zero-order chi connectivity index (χ0) is 12.0. The molecule has 0 saturated carbocycles. The van der Waals surface area contributed by atoms with Gasteiger partial charge in [0.05, 0.1) is 17.7 Å². The van der Waals surface area contributed by atoms with Crippen molar-refractivity contribution in [2.24, 2.45) is 0 Å². The molecule has 0 bridgehead atoms. The summed E-state index contributed by atoms with van der Waals surface area (Å²) in [7, 11) is 0. The minimum atomic E-state index is -1.04. The van der Waals surface area contributed by atoms with Crippen molar-refractivity contribution in [1.82, 2.24) is 15.6 Å². The molecule has 16 heavy (non-hydrogen) atoms. The van der Waals surface area contributed by atoms with Crippen LogP contribution in [0.5, 0.6) is 0 Å². The first-order valence-electron chi connectivity index (χ1n) is 4.77. The first-order chi connectivity index (χ1) is 7.63. The van der Waals surface area contributed by atoms with Crippen molar-refractivity contribution in [3.63, 3.8) is 0 Å². The lowest BCUT2D eigenvalue weighted by molar-refractivity contribution is -0.139. The average Bonchev–Trinajstić information content (AvgIpc) is 2.75. The van der Waals surface area contributed by atoms with Crippen molar-refractivity contribution in [3.8, 4) is 0 Å². The number of carboxylic acid groups (broad SMARTS) is 1. The number of hydrogen-bond acceptors (Lipinski definition) is 4. The first kappa shape index (κ1) is 12.4. The number of aromatic nitrogens is 1. The molecule has 7 heteroatoms. The van der Waals surface area contributed by atoms with Crippen molar-refractivity contribution < 1.29 is 14.7 Å². The number of amides is 2. The predicted octanol–water partition coefficient (Wildman–Crippen LogP) is 0.805. The third-order valence-corrected chi connectivity index (χ3v) is 2.56. The van der Waals surface area contributed by atoms with Gasteiger partial charge in [0.15, 0.2) is 0 Å². The standard InChI is InChI=1S/C9H13N3O3S/c1-2-7(8(13)14)12-9(15)10-3-6-4-16-5-11-6/h4-5,7H,2-3H2,1H3,(H,13,14)(H2,10,12,15). The van der Waals surface area contributed by atoms with Gasteiger partial charge in [-0.05, 0) is 6.42 Å². The second-order valence-corrected chi connectivity index (χ2v) is 3.82. The highest BCUT2D eigenvalue weighted by Crippen LogP contribution is 1.99. The van der Waals surface area contributed by atoms with Gasteiger partial charge in [-0.3, -0.25) is 0 Å². The van der Waals surface area contributed by atoms with Gasteiger partial charge in [0.1, 0.15) is 6.04 Å². The van der Waals surface area contributed by atoms with E-state index in [1.807, 2.05) is 5.38 Å². The Labute approximate surface area is 96.7 Å². The molecule has 0 spiro atoms. The summed E-state index contributed by atoms with van der Waals surface area (Å²) in [6, 6.07) is -1.35. The van der Waals surface area contributed by atoms with Gasteiger partial charge < -0.3 is 15.7 Å². The summed E-state index contributed by atoms with van der Waals surface area (Å²) in [6.45, 7) is 1.99. The number of carboxylic acids is 1. The van der Waals surface area contributed by atoms with Crippen molar-refractivity contribution in [2.75, 3.05) is 0 Å². The van der Waals surface area contributed by atoms with Crippen molar-refractivity contribution in [2.45, 2.75) is 25.9 Å². The van der Waals surface area contributed by atoms with Gasteiger partial charge in [-0.25, -0.2) is 14.6 Å². The van der Waals surface area contributed by atoms with Crippen molar-refractivity contribution in [1.29, 1.82) is 0 Å². The van der Waals surface area contributed by atoms with Gasteiger partial charge in [0.2, 0.25) is 0 Å². The molecule has 1 aromatic heterocycles. The second kappa shape index (κ2) is 6.06. The molecule has 0 aliphatic heterocycles. The Morgan fingerprint density at radius 2 is 2.38 bits per heavy atom. The van der Waals surface area contributed by atoms with Crippen LogP contribution in [-0.2, 0) is 11.3 Å². The molecule has 6 nitrogen and oxygen atoms in total. The Morgan fingerprint density at radius 3 is 2.88 bits per heavy atom. The highest BCUT2D eigenvalue weighted by molar-refractivity contribution is 7.07. The fourth-order valence-electron chi connectivity index (χ4n) is 1.04. The number of nitrogens with one attached hydrogen (secondary N) is 2. The van der Waals surface area contributed by atoms with Crippen LogP contribution < -0.4 is 10.6 Å². The fraction of sp³-hybridized carbons (Fsp3) is 0.444. The normalized spacial score (nSPS) is 11.8. The highest BCUT2D eigenvalue weighted by atomic mass is 32.1. The molecule has 0 saturated heterocycles. The van der Waals surface area contributed by atoms with Crippen LogP contribution in [0.4, 0.5) is 4.79 Å². The molecule has 1 atom stereocenters. The van der Waals surface area contributed by atoms with Crippen LogP contribution >= 0.6 is 11.3 Å². The number of carbonyl (C=O) groups is 2. The van der Waals surface area contributed by atoms with E-state index in [4.69, 9.17) is 5.11 Å². The zero-order valence-corrected chi connectivity index (χ0v) is 9.58. The average molecular weight is 243 g/mol. The molecule has 1 aromatic rings. The topological polar surface area (TPSA) is 91.3 Å². The van der Waals surface area contributed by atoms with Gasteiger partial charge in [-0.15, -0.1) is 11.3 Å². The predicted molar refractivity (Wildman–Crippen MR) is 59.2 cm³/mol. The number of urea groups is 1. The summed E-state index contributed by atoms with van der Waals surface area (Å²) in [4.78, 5) is 25.9. The van der Waals surface area contributed by atoms with Crippen LogP contribution in [0.2, 0.25) is 0 Å². The molecule has 88 valence electrons. The number of thiazole rings is 1. The minimum Gasteiger partial charge on any atom is -0.480 e. The van der Waals surface area contributed by atoms with Gasteiger partial charge in [-0.2, -0.15) is 0 Å². The third-order valence-electron chi connectivity index (χ3n) is 1.93. The second-order valence-electron chi connectivity index (χ2n) is 3.11. The Morgan fingerprint density at radius 1 is 1.62 bits per heavy atom. The van der Waals surface area contributed by atoms with E-state index < -0.39 is 18.0 Å². The summed E-state index contributed by atoms with van der Waals surface area (Å²) < 4.78 is 0.